The van der Waals surface area contributed by atoms with E-state index in [1.54, 1.807) is 0 Å². The summed E-state index contributed by atoms with van der Waals surface area (Å²) in [6, 6.07) is 15.4. The van der Waals surface area contributed by atoms with Crippen LogP contribution in [0.15, 0.2) is 48.5 Å². The molecular formula is C16H16O3. The molecule has 2 aromatic rings. The van der Waals surface area contributed by atoms with Gasteiger partial charge in [-0.15, -0.1) is 0 Å². The normalized spacial score (nSPS) is 12.1. The smallest absolute Gasteiger partial charge is 0.306 e. The molecule has 3 heteroatoms. The number of carboxylic acids is 1. The lowest BCUT2D eigenvalue weighted by Gasteiger charge is -2.15. The summed E-state index contributed by atoms with van der Waals surface area (Å²) in [6.07, 6.45) is -1.28. The van der Waals surface area contributed by atoms with Crippen molar-refractivity contribution in [3.8, 4) is 11.1 Å². The van der Waals surface area contributed by atoms with E-state index in [1.807, 2.05) is 55.5 Å². The molecule has 0 saturated heterocycles. The molecule has 0 saturated carbocycles. The second-order valence-corrected chi connectivity index (χ2v) is 4.57. The van der Waals surface area contributed by atoms with Gasteiger partial charge in [0, 0.05) is 0 Å². The van der Waals surface area contributed by atoms with Gasteiger partial charge in [-0.05, 0) is 23.6 Å². The summed E-state index contributed by atoms with van der Waals surface area (Å²) in [4.78, 5) is 10.8. The molecule has 2 rings (SSSR count). The van der Waals surface area contributed by atoms with Gasteiger partial charge in [0.05, 0.1) is 12.5 Å². The Hall–Kier alpha value is -2.13. The highest BCUT2D eigenvalue weighted by atomic mass is 16.4. The van der Waals surface area contributed by atoms with Crippen molar-refractivity contribution in [2.24, 2.45) is 0 Å². The number of rotatable bonds is 4. The average Bonchev–Trinajstić information content (AvgIpc) is 2.39. The first kappa shape index (κ1) is 13.3. The van der Waals surface area contributed by atoms with Crippen molar-refractivity contribution in [3.63, 3.8) is 0 Å². The van der Waals surface area contributed by atoms with Crippen LogP contribution in [0.3, 0.4) is 0 Å². The topological polar surface area (TPSA) is 57.5 Å². The van der Waals surface area contributed by atoms with E-state index in [2.05, 4.69) is 0 Å². The summed E-state index contributed by atoms with van der Waals surface area (Å²) in [5.41, 5.74) is 3.51. The van der Waals surface area contributed by atoms with Crippen LogP contribution in [0.1, 0.15) is 23.7 Å². The second kappa shape index (κ2) is 5.67. The van der Waals surface area contributed by atoms with E-state index < -0.39 is 12.1 Å². The zero-order valence-electron chi connectivity index (χ0n) is 10.7. The van der Waals surface area contributed by atoms with E-state index in [1.165, 1.54) is 0 Å². The van der Waals surface area contributed by atoms with Gasteiger partial charge in [-0.25, -0.2) is 0 Å². The van der Waals surface area contributed by atoms with Gasteiger partial charge in [0.1, 0.15) is 0 Å². The van der Waals surface area contributed by atoms with Crippen LogP contribution >= 0.6 is 0 Å². The molecule has 0 bridgehead atoms. The first-order valence-corrected chi connectivity index (χ1v) is 6.14. The average molecular weight is 256 g/mol. The molecule has 0 spiro atoms. The molecular weight excluding hydrogens is 240 g/mol. The number of carbonyl (C=O) groups is 1. The summed E-state index contributed by atoms with van der Waals surface area (Å²) in [5.74, 6) is -1.01. The maximum atomic E-state index is 10.8. The van der Waals surface area contributed by atoms with E-state index in [0.29, 0.717) is 5.56 Å². The molecule has 3 nitrogen and oxygen atoms in total. The van der Waals surface area contributed by atoms with Gasteiger partial charge in [0.25, 0.3) is 0 Å². The molecule has 0 aromatic heterocycles. The number of aryl methyl sites for hydroxylation is 1. The lowest BCUT2D eigenvalue weighted by Crippen LogP contribution is -2.07. The Bertz CT molecular complexity index is 576. The third kappa shape index (κ3) is 3.20. The van der Waals surface area contributed by atoms with E-state index >= 15 is 0 Å². The lowest BCUT2D eigenvalue weighted by molar-refractivity contribution is -0.139. The van der Waals surface area contributed by atoms with E-state index in [9.17, 15) is 9.90 Å². The van der Waals surface area contributed by atoms with Crippen molar-refractivity contribution in [2.75, 3.05) is 0 Å². The highest BCUT2D eigenvalue weighted by Gasteiger charge is 2.16. The monoisotopic (exact) mass is 256 g/mol. The zero-order chi connectivity index (χ0) is 13.8. The number of aliphatic hydroxyl groups excluding tert-OH is 1. The Morgan fingerprint density at radius 3 is 2.47 bits per heavy atom. The Kier molecular flexibility index (Phi) is 3.97. The molecule has 0 fully saturated rings. The van der Waals surface area contributed by atoms with Crippen LogP contribution in [0, 0.1) is 6.92 Å². The van der Waals surface area contributed by atoms with Crippen LogP contribution in [-0.4, -0.2) is 16.2 Å². The van der Waals surface area contributed by atoms with E-state index in [0.717, 1.165) is 16.7 Å². The molecule has 0 aliphatic carbocycles. The molecule has 0 heterocycles. The Balaban J connectivity index is 2.47. The highest BCUT2D eigenvalue weighted by Crippen LogP contribution is 2.30. The Labute approximate surface area is 112 Å². The minimum atomic E-state index is -1.01. The van der Waals surface area contributed by atoms with Crippen molar-refractivity contribution in [2.45, 2.75) is 19.4 Å². The Morgan fingerprint density at radius 2 is 1.84 bits per heavy atom. The number of carboxylic acid groups (broad SMARTS) is 1. The van der Waals surface area contributed by atoms with Crippen molar-refractivity contribution >= 4 is 5.97 Å². The fraction of sp³-hybridized carbons (Fsp3) is 0.188. The maximum Gasteiger partial charge on any atom is 0.306 e. The summed E-state index contributed by atoms with van der Waals surface area (Å²) in [5, 5.41) is 18.9. The van der Waals surface area contributed by atoms with Gasteiger partial charge in [-0.1, -0.05) is 54.1 Å². The molecule has 98 valence electrons. The van der Waals surface area contributed by atoms with Crippen molar-refractivity contribution < 1.29 is 15.0 Å². The van der Waals surface area contributed by atoms with Gasteiger partial charge in [0.2, 0.25) is 0 Å². The van der Waals surface area contributed by atoms with Gasteiger partial charge < -0.3 is 10.2 Å². The Morgan fingerprint density at radius 1 is 1.16 bits per heavy atom. The van der Waals surface area contributed by atoms with Crippen LogP contribution < -0.4 is 0 Å². The van der Waals surface area contributed by atoms with Crippen molar-refractivity contribution in [3.05, 3.63) is 59.7 Å². The molecule has 2 aromatic carbocycles. The number of aliphatic carboxylic acids is 1. The van der Waals surface area contributed by atoms with Gasteiger partial charge in [-0.3, -0.25) is 4.79 Å². The number of hydrogen-bond acceptors (Lipinski definition) is 2. The minimum Gasteiger partial charge on any atom is -0.481 e. The quantitative estimate of drug-likeness (QED) is 0.883. The number of benzene rings is 2. The van der Waals surface area contributed by atoms with Crippen LogP contribution in [0.4, 0.5) is 0 Å². The lowest BCUT2D eigenvalue weighted by atomic mass is 9.93. The first-order chi connectivity index (χ1) is 9.08. The number of aliphatic hydroxyl groups is 1. The van der Waals surface area contributed by atoms with Gasteiger partial charge in [-0.2, -0.15) is 0 Å². The third-order valence-electron chi connectivity index (χ3n) is 3.02. The fourth-order valence-corrected chi connectivity index (χ4v) is 2.11. The summed E-state index contributed by atoms with van der Waals surface area (Å²) < 4.78 is 0. The molecule has 2 N–H and O–H groups in total. The minimum absolute atomic E-state index is 0.288. The molecule has 0 radical (unpaired) electrons. The summed E-state index contributed by atoms with van der Waals surface area (Å²) in [7, 11) is 0. The molecule has 19 heavy (non-hydrogen) atoms. The summed E-state index contributed by atoms with van der Waals surface area (Å²) in [6.45, 7) is 1.92. The van der Waals surface area contributed by atoms with E-state index in [-0.39, 0.29) is 6.42 Å². The maximum absolute atomic E-state index is 10.8. The number of hydrogen-bond donors (Lipinski definition) is 2. The van der Waals surface area contributed by atoms with Gasteiger partial charge >= 0.3 is 5.97 Å². The largest absolute Gasteiger partial charge is 0.481 e. The van der Waals surface area contributed by atoms with E-state index in [4.69, 9.17) is 5.11 Å². The first-order valence-electron chi connectivity index (χ1n) is 6.14. The molecule has 0 aliphatic rings. The third-order valence-corrected chi connectivity index (χ3v) is 3.02. The van der Waals surface area contributed by atoms with Crippen LogP contribution in [0.2, 0.25) is 0 Å². The standard InChI is InChI=1S/C16H16O3/c1-11-7-8-13(12-5-3-2-4-6-12)14(9-11)15(17)10-16(18)19/h2-9,15,17H,10H2,1H3,(H,18,19). The predicted molar refractivity (Wildman–Crippen MR) is 73.8 cm³/mol. The highest BCUT2D eigenvalue weighted by molar-refractivity contribution is 5.71. The van der Waals surface area contributed by atoms with Crippen LogP contribution in [0.25, 0.3) is 11.1 Å². The molecule has 1 unspecified atom stereocenters. The van der Waals surface area contributed by atoms with Crippen molar-refractivity contribution in [1.29, 1.82) is 0 Å². The summed E-state index contributed by atoms with van der Waals surface area (Å²) >= 11 is 0. The van der Waals surface area contributed by atoms with Gasteiger partial charge in [0.15, 0.2) is 0 Å². The molecule has 0 amide bonds. The zero-order valence-corrected chi connectivity index (χ0v) is 10.7. The second-order valence-electron chi connectivity index (χ2n) is 4.57. The SMILES string of the molecule is Cc1ccc(-c2ccccc2)c(C(O)CC(=O)O)c1. The predicted octanol–water partition coefficient (Wildman–Crippen LogP) is 3.17. The van der Waals surface area contributed by atoms with Crippen LogP contribution in [-0.2, 0) is 4.79 Å². The van der Waals surface area contributed by atoms with Crippen LogP contribution in [0.5, 0.6) is 0 Å². The fourth-order valence-electron chi connectivity index (χ4n) is 2.11. The molecule has 1 atom stereocenters. The molecule has 0 aliphatic heterocycles. The van der Waals surface area contributed by atoms with Crippen molar-refractivity contribution in [1.82, 2.24) is 0 Å².